The molecule has 1 amide bonds. The second-order valence-corrected chi connectivity index (χ2v) is 11.0. The molecule has 6 nitrogen and oxygen atoms in total. The minimum Gasteiger partial charge on any atom is -0.465 e. The van der Waals surface area contributed by atoms with Gasteiger partial charge >= 0.3 is 5.97 Å². The zero-order chi connectivity index (χ0) is 24.5. The number of methoxy groups -OCH3 is 1. The molecule has 1 N–H and O–H groups in total. The second-order valence-electron chi connectivity index (χ2n) is 7.97. The number of hydrogen-bond donors (Lipinski definition) is 1. The zero-order valence-corrected chi connectivity index (χ0v) is 20.5. The number of rotatable bonds is 5. The number of carbonyl (C=O) groups excluding carboxylic acids is 2. The van der Waals surface area contributed by atoms with Crippen LogP contribution >= 0.6 is 11.8 Å². The molecule has 0 aliphatic carbocycles. The van der Waals surface area contributed by atoms with Crippen LogP contribution < -0.4 is 5.32 Å². The van der Waals surface area contributed by atoms with Gasteiger partial charge in [-0.25, -0.2) is 13.2 Å². The lowest BCUT2D eigenvalue weighted by molar-refractivity contribution is -0.112. The van der Waals surface area contributed by atoms with E-state index in [4.69, 9.17) is 4.74 Å². The summed E-state index contributed by atoms with van der Waals surface area (Å²) in [5.74, 6) is -0.801. The number of anilines is 1. The number of amides is 1. The summed E-state index contributed by atoms with van der Waals surface area (Å²) in [6, 6.07) is 17.2. The van der Waals surface area contributed by atoms with Crippen molar-refractivity contribution >= 4 is 45.2 Å². The van der Waals surface area contributed by atoms with Gasteiger partial charge in [-0.05, 0) is 72.5 Å². The molecule has 34 heavy (non-hydrogen) atoms. The summed E-state index contributed by atoms with van der Waals surface area (Å²) >= 11 is 1.21. The Balaban J connectivity index is 1.62. The summed E-state index contributed by atoms with van der Waals surface area (Å²) < 4.78 is 31.1. The summed E-state index contributed by atoms with van der Waals surface area (Å²) in [7, 11) is -2.27. The van der Waals surface area contributed by atoms with E-state index in [0.29, 0.717) is 21.1 Å². The van der Waals surface area contributed by atoms with Crippen LogP contribution in [0.15, 0.2) is 75.4 Å². The molecule has 8 heteroatoms. The van der Waals surface area contributed by atoms with Gasteiger partial charge in [0.05, 0.1) is 33.9 Å². The quantitative estimate of drug-likeness (QED) is 0.391. The molecule has 0 saturated heterocycles. The third-order valence-electron chi connectivity index (χ3n) is 5.61. The SMILES string of the molecule is COC(=O)c1ccc(C=C2Sc3cc(S(=O)(=O)Cc4c(C)cccc4C)ccc3NC2=O)cc1. The average molecular weight is 494 g/mol. The fourth-order valence-corrected chi connectivity index (χ4v) is 6.30. The van der Waals surface area contributed by atoms with Gasteiger partial charge in [0.2, 0.25) is 0 Å². The highest BCUT2D eigenvalue weighted by molar-refractivity contribution is 8.04. The van der Waals surface area contributed by atoms with Crippen LogP contribution in [0.1, 0.15) is 32.6 Å². The van der Waals surface area contributed by atoms with E-state index in [2.05, 4.69) is 5.32 Å². The van der Waals surface area contributed by atoms with Gasteiger partial charge in [0.1, 0.15) is 0 Å². The van der Waals surface area contributed by atoms with Crippen molar-refractivity contribution < 1.29 is 22.7 Å². The van der Waals surface area contributed by atoms with Crippen molar-refractivity contribution in [2.75, 3.05) is 12.4 Å². The number of carbonyl (C=O) groups is 2. The van der Waals surface area contributed by atoms with Gasteiger partial charge in [0, 0.05) is 4.90 Å². The molecule has 0 saturated carbocycles. The fourth-order valence-electron chi connectivity index (χ4n) is 3.66. The topological polar surface area (TPSA) is 89.5 Å². The van der Waals surface area contributed by atoms with Crippen molar-refractivity contribution in [3.05, 3.63) is 93.4 Å². The second kappa shape index (κ2) is 9.48. The monoisotopic (exact) mass is 493 g/mol. The Kier molecular flexibility index (Phi) is 6.63. The molecule has 1 aliphatic heterocycles. The Morgan fingerprint density at radius 3 is 2.35 bits per heavy atom. The molecule has 1 aliphatic rings. The molecular weight excluding hydrogens is 470 g/mol. The molecule has 3 aromatic rings. The third-order valence-corrected chi connectivity index (χ3v) is 8.33. The number of hydrogen-bond acceptors (Lipinski definition) is 6. The number of fused-ring (bicyclic) bond motifs is 1. The number of thioether (sulfide) groups is 1. The molecule has 1 heterocycles. The summed E-state index contributed by atoms with van der Waals surface area (Å²) in [5, 5.41) is 2.82. The number of nitrogens with one attached hydrogen (secondary N) is 1. The molecule has 3 aromatic carbocycles. The van der Waals surface area contributed by atoms with Crippen molar-refractivity contribution in [2.24, 2.45) is 0 Å². The predicted molar refractivity (Wildman–Crippen MR) is 133 cm³/mol. The molecule has 0 radical (unpaired) electrons. The van der Waals surface area contributed by atoms with Crippen molar-refractivity contribution in [1.29, 1.82) is 0 Å². The van der Waals surface area contributed by atoms with Gasteiger partial charge in [-0.15, -0.1) is 0 Å². The van der Waals surface area contributed by atoms with Gasteiger partial charge in [-0.1, -0.05) is 42.1 Å². The Hall–Kier alpha value is -3.36. The average Bonchev–Trinajstić information content (AvgIpc) is 2.81. The molecule has 0 atom stereocenters. The Morgan fingerprint density at radius 1 is 1.03 bits per heavy atom. The molecule has 0 fully saturated rings. The van der Waals surface area contributed by atoms with Crippen molar-refractivity contribution in [3.63, 3.8) is 0 Å². The summed E-state index contributed by atoms with van der Waals surface area (Å²) in [6.45, 7) is 3.82. The van der Waals surface area contributed by atoms with E-state index >= 15 is 0 Å². The van der Waals surface area contributed by atoms with Gasteiger partial charge in [0.15, 0.2) is 9.84 Å². The summed E-state index contributed by atoms with van der Waals surface area (Å²) in [6.07, 6.45) is 1.70. The van der Waals surface area contributed by atoms with Crippen LogP contribution in [0.25, 0.3) is 6.08 Å². The summed E-state index contributed by atoms with van der Waals surface area (Å²) in [4.78, 5) is 25.5. The van der Waals surface area contributed by atoms with Crippen molar-refractivity contribution in [2.45, 2.75) is 29.4 Å². The van der Waals surface area contributed by atoms with E-state index in [9.17, 15) is 18.0 Å². The van der Waals surface area contributed by atoms with Crippen LogP contribution in [-0.4, -0.2) is 27.4 Å². The van der Waals surface area contributed by atoms with Crippen LogP contribution in [0, 0.1) is 13.8 Å². The number of aryl methyl sites for hydroxylation is 2. The first-order chi connectivity index (χ1) is 16.2. The molecule has 0 unspecified atom stereocenters. The maximum Gasteiger partial charge on any atom is 0.337 e. The molecular formula is C26H23NO5S2. The number of ether oxygens (including phenoxy) is 1. The molecule has 0 spiro atoms. The lowest BCUT2D eigenvalue weighted by atomic mass is 10.1. The lowest BCUT2D eigenvalue weighted by Crippen LogP contribution is -2.18. The standard InChI is InChI=1S/C26H23NO5S2/c1-16-5-4-6-17(2)21(16)15-34(30,31)20-11-12-22-23(14-20)33-24(25(28)27-22)13-18-7-9-19(10-8-18)26(29)32-3/h4-14H,15H2,1-3H3,(H,27,28). The first-order valence-corrected chi connectivity index (χ1v) is 13.0. The number of benzene rings is 3. The van der Waals surface area contributed by atoms with E-state index < -0.39 is 15.8 Å². The van der Waals surface area contributed by atoms with Crippen LogP contribution in [0.2, 0.25) is 0 Å². The first kappa shape index (κ1) is 23.8. The number of esters is 1. The smallest absolute Gasteiger partial charge is 0.337 e. The highest BCUT2D eigenvalue weighted by Crippen LogP contribution is 2.40. The maximum atomic E-state index is 13.2. The minimum absolute atomic E-state index is 0.0867. The van der Waals surface area contributed by atoms with Crippen molar-refractivity contribution in [3.8, 4) is 0 Å². The van der Waals surface area contributed by atoms with E-state index in [-0.39, 0.29) is 16.6 Å². The highest BCUT2D eigenvalue weighted by atomic mass is 32.2. The van der Waals surface area contributed by atoms with Crippen LogP contribution in [0.5, 0.6) is 0 Å². The van der Waals surface area contributed by atoms with E-state index in [0.717, 1.165) is 22.3 Å². The van der Waals surface area contributed by atoms with Crippen LogP contribution in [0.3, 0.4) is 0 Å². The third kappa shape index (κ3) is 4.93. The van der Waals surface area contributed by atoms with E-state index in [1.54, 1.807) is 42.5 Å². The van der Waals surface area contributed by atoms with Crippen molar-refractivity contribution in [1.82, 2.24) is 0 Å². The molecule has 4 rings (SSSR count). The molecule has 0 aromatic heterocycles. The lowest BCUT2D eigenvalue weighted by Gasteiger charge is -2.20. The highest BCUT2D eigenvalue weighted by Gasteiger charge is 2.25. The van der Waals surface area contributed by atoms with E-state index in [1.807, 2.05) is 32.0 Å². The molecule has 174 valence electrons. The Bertz CT molecular complexity index is 1400. The molecule has 0 bridgehead atoms. The maximum absolute atomic E-state index is 13.2. The largest absolute Gasteiger partial charge is 0.465 e. The predicted octanol–water partition coefficient (Wildman–Crippen LogP) is 5.15. The summed E-state index contributed by atoms with van der Waals surface area (Å²) in [5.41, 5.74) is 4.39. The van der Waals surface area contributed by atoms with Gasteiger partial charge in [-0.3, -0.25) is 4.79 Å². The van der Waals surface area contributed by atoms with E-state index in [1.165, 1.54) is 24.9 Å². The van der Waals surface area contributed by atoms with Crippen LogP contribution in [0.4, 0.5) is 5.69 Å². The van der Waals surface area contributed by atoms with Crippen LogP contribution in [-0.2, 0) is 25.1 Å². The van der Waals surface area contributed by atoms with Gasteiger partial charge < -0.3 is 10.1 Å². The van der Waals surface area contributed by atoms with Gasteiger partial charge in [0.25, 0.3) is 5.91 Å². The fraction of sp³-hybridized carbons (Fsp3) is 0.154. The Labute approximate surface area is 203 Å². The Morgan fingerprint density at radius 2 is 1.71 bits per heavy atom. The van der Waals surface area contributed by atoms with Gasteiger partial charge in [-0.2, -0.15) is 0 Å². The minimum atomic E-state index is -3.59. The normalized spacial score (nSPS) is 14.4. The zero-order valence-electron chi connectivity index (χ0n) is 18.9. The first-order valence-electron chi connectivity index (χ1n) is 10.5. The number of sulfone groups is 1.